The van der Waals surface area contributed by atoms with Crippen molar-refractivity contribution in [1.29, 1.82) is 10.5 Å². The summed E-state index contributed by atoms with van der Waals surface area (Å²) in [6.45, 7) is 3.13. The first-order valence-corrected chi connectivity index (χ1v) is 18.0. The molecule has 0 unspecified atom stereocenters. The van der Waals surface area contributed by atoms with Crippen LogP contribution in [0.5, 0.6) is 0 Å². The van der Waals surface area contributed by atoms with Gasteiger partial charge in [-0.3, -0.25) is 19.3 Å². The van der Waals surface area contributed by atoms with Gasteiger partial charge >= 0.3 is 6.18 Å². The average molecular weight is 868 g/mol. The van der Waals surface area contributed by atoms with E-state index in [4.69, 9.17) is 48.8 Å². The first kappa shape index (κ1) is 32.6. The van der Waals surface area contributed by atoms with Crippen LogP contribution >= 0.6 is 12.2 Å². The monoisotopic (exact) mass is 867 g/mol. The molecule has 4 aromatic rings. The highest BCUT2D eigenvalue weighted by atomic mass is 32.1. The van der Waals surface area contributed by atoms with E-state index in [0.717, 1.165) is 24.8 Å². The van der Waals surface area contributed by atoms with Crippen molar-refractivity contribution < 1.29 is 50.0 Å². The van der Waals surface area contributed by atoms with E-state index >= 15 is 4.39 Å². The standard InChI is InChI=1S/C21H18FN5O2S.C13H14FN3O.C7H4F3N3/c1-12-9-14(11-25-17(12)23-2)26-19(29)21(7-4-8-21)27(20(26)30)13-5-6-15(16(22)10-13)18(28)24-3;1-16-12(18)10-4-3-9(7-11(10)14)17-13(8-15)5-2-6-13;8-7(9,10)5-1-4(12)3-13-6(5)2-11/h5-6,9-11H,4,7-8H2,1,3H3,(H,24,28);3-4,7,17H,2,5-6H2,1H3,(H,16,18);1,3H,12H2/i3D3,5D,10D;1D3,3D,7D;. The number of nitrogens with zero attached hydrogens (tertiary/aromatic N) is 7. The molecule has 0 radical (unpaired) electrons. The second-order valence-corrected chi connectivity index (χ2v) is 13.8. The Morgan fingerprint density at radius 1 is 1.00 bits per heavy atom. The van der Waals surface area contributed by atoms with Gasteiger partial charge in [-0.1, -0.05) is 6.57 Å². The molecule has 0 bridgehead atoms. The molecule has 2 aromatic carbocycles. The highest BCUT2D eigenvalue weighted by Gasteiger charge is 2.60. The summed E-state index contributed by atoms with van der Waals surface area (Å²) in [5.74, 6) is -5.35. The van der Waals surface area contributed by atoms with Gasteiger partial charge < -0.3 is 31.4 Å². The highest BCUT2D eigenvalue weighted by molar-refractivity contribution is 7.81. The number of anilines is 4. The summed E-state index contributed by atoms with van der Waals surface area (Å²) in [6, 6.07) is 4.91. The zero-order valence-electron chi connectivity index (χ0n) is 41.4. The summed E-state index contributed by atoms with van der Waals surface area (Å²) in [5, 5.41) is 23.4. The number of rotatable bonds is 6. The molecule has 61 heavy (non-hydrogen) atoms. The Bertz CT molecular complexity index is 2990. The number of nitrogens with one attached hydrogen (secondary N) is 3. The first-order chi connectivity index (χ1) is 32.9. The Kier molecular flexibility index (Phi) is 9.59. The third-order valence-electron chi connectivity index (χ3n) is 9.69. The molecule has 0 atom stereocenters. The molecule has 1 saturated heterocycles. The minimum absolute atomic E-state index is 0.0902. The van der Waals surface area contributed by atoms with Gasteiger partial charge in [-0.05, 0) is 112 Å². The van der Waals surface area contributed by atoms with Crippen LogP contribution in [0.15, 0.2) is 60.8 Å². The van der Waals surface area contributed by atoms with Crippen LogP contribution in [-0.4, -0.2) is 57.8 Å². The summed E-state index contributed by atoms with van der Waals surface area (Å²) in [4.78, 5) is 50.7. The zero-order valence-corrected chi connectivity index (χ0v) is 32.3. The predicted molar refractivity (Wildman–Crippen MR) is 218 cm³/mol. The number of thiocarbonyl (C=S) groups is 1. The molecular weight excluding hydrogens is 822 g/mol. The third-order valence-corrected chi connectivity index (χ3v) is 10.1. The number of hydrogen-bond donors (Lipinski definition) is 4. The number of carbonyl (C=O) groups excluding carboxylic acids is 3. The van der Waals surface area contributed by atoms with Gasteiger partial charge in [-0.25, -0.2) is 13.8 Å². The van der Waals surface area contributed by atoms with E-state index in [0.29, 0.717) is 49.4 Å². The molecule has 3 amide bonds. The lowest BCUT2D eigenvalue weighted by molar-refractivity contribution is -0.138. The van der Waals surface area contributed by atoms with Gasteiger partial charge in [-0.15, -0.1) is 4.98 Å². The Morgan fingerprint density at radius 2 is 1.62 bits per heavy atom. The highest BCUT2D eigenvalue weighted by Crippen LogP contribution is 2.48. The molecule has 2 saturated carbocycles. The van der Waals surface area contributed by atoms with Crippen LogP contribution in [0.1, 0.15) is 89.8 Å². The summed E-state index contributed by atoms with van der Waals surface area (Å²) in [6.07, 6.45) is 0.940. The van der Waals surface area contributed by atoms with Crippen molar-refractivity contribution in [3.63, 3.8) is 0 Å². The summed E-state index contributed by atoms with van der Waals surface area (Å²) in [7, 11) is 0. The quantitative estimate of drug-likeness (QED) is 0.0877. The number of aromatic nitrogens is 2. The van der Waals surface area contributed by atoms with Crippen molar-refractivity contribution in [3.05, 3.63) is 112 Å². The van der Waals surface area contributed by atoms with Gasteiger partial charge in [-0.2, -0.15) is 23.7 Å². The topological polar surface area (TPSA) is 198 Å². The fourth-order valence-electron chi connectivity index (χ4n) is 6.26. The van der Waals surface area contributed by atoms with Crippen molar-refractivity contribution in [2.45, 2.75) is 62.7 Å². The molecule has 314 valence electrons. The normalized spacial score (nSPS) is 18.3. The molecule has 3 aliphatic rings. The van der Waals surface area contributed by atoms with Crippen molar-refractivity contribution in [1.82, 2.24) is 20.6 Å². The van der Waals surface area contributed by atoms with Crippen molar-refractivity contribution >= 4 is 63.6 Å². The molecule has 5 N–H and O–H groups in total. The lowest BCUT2D eigenvalue weighted by Crippen LogP contribution is -2.55. The molecule has 1 aliphatic heterocycles. The van der Waals surface area contributed by atoms with E-state index in [1.165, 1.54) is 22.1 Å². The summed E-state index contributed by atoms with van der Waals surface area (Å²) in [5.41, 5.74) is -0.0711. The van der Waals surface area contributed by atoms with E-state index in [2.05, 4.69) is 26.2 Å². The Morgan fingerprint density at radius 3 is 2.13 bits per heavy atom. The largest absolute Gasteiger partial charge is 0.419 e. The maximum Gasteiger partial charge on any atom is 0.419 e. The molecular formula is C41H36F5N11O3S. The minimum Gasteiger partial charge on any atom is -0.397 e. The zero-order chi connectivity index (χ0) is 53.3. The third kappa shape index (κ3) is 9.02. The number of benzene rings is 2. The fraction of sp³-hybridized carbons (Fsp3) is 0.293. The number of alkyl halides is 3. The molecule has 3 heterocycles. The molecule has 7 rings (SSSR count). The number of aryl methyl sites for hydroxylation is 1. The predicted octanol–water partition coefficient (Wildman–Crippen LogP) is 7.10. The maximum atomic E-state index is 15.2. The number of nitrogen functional groups attached to an aromatic ring is 1. The number of carbonyl (C=O) groups is 3. The van der Waals surface area contributed by atoms with Gasteiger partial charge in [0.1, 0.15) is 35.0 Å². The number of pyridine rings is 2. The molecule has 1 spiro atoms. The van der Waals surface area contributed by atoms with Crippen molar-refractivity contribution in [2.24, 2.45) is 0 Å². The number of halogens is 5. The molecule has 3 fully saturated rings. The second-order valence-electron chi connectivity index (χ2n) is 13.5. The minimum atomic E-state index is -4.59. The Balaban J connectivity index is 0.000000222. The van der Waals surface area contributed by atoms with Crippen LogP contribution in [0, 0.1) is 47.8 Å². The van der Waals surface area contributed by atoms with Crippen LogP contribution in [-0.2, 0) is 11.0 Å². The SMILES string of the molecule is N#Cc1ncc(N)cc1C(F)(F)F.[2H]c1cc(C(=O)NC([2H])([2H])[2H])c(F)c([2H])c1N1C(=S)N(c2cnc([N+]#[C-])c(C)c2)C(=O)C12CCC2.[2H]c1cc(C(=O)NC([2H])([2H])[2H])c(F)c([2H])c1NC1(C#N)CCC1. The number of nitriles is 2. The van der Waals surface area contributed by atoms with E-state index in [1.807, 2.05) is 0 Å². The van der Waals surface area contributed by atoms with Crippen LogP contribution < -0.4 is 31.5 Å². The van der Waals surface area contributed by atoms with Crippen molar-refractivity contribution in [3.8, 4) is 12.1 Å². The number of hydrogen-bond acceptors (Lipinski definition) is 10. The van der Waals surface area contributed by atoms with E-state index in [1.54, 1.807) is 23.6 Å². The van der Waals surface area contributed by atoms with Gasteiger partial charge in [0.05, 0.1) is 45.8 Å². The van der Waals surface area contributed by atoms with Crippen LogP contribution in [0.3, 0.4) is 0 Å². The van der Waals surface area contributed by atoms with Crippen LogP contribution in [0.25, 0.3) is 4.85 Å². The molecule has 14 nitrogen and oxygen atoms in total. The van der Waals surface area contributed by atoms with E-state index < -0.39 is 101 Å². The van der Waals surface area contributed by atoms with Gasteiger partial charge in [0.25, 0.3) is 23.5 Å². The van der Waals surface area contributed by atoms with Gasteiger partial charge in [0, 0.05) is 33.6 Å². The smallest absolute Gasteiger partial charge is 0.397 e. The fourth-order valence-corrected chi connectivity index (χ4v) is 6.71. The van der Waals surface area contributed by atoms with Crippen LogP contribution in [0.4, 0.5) is 50.5 Å². The molecule has 2 aliphatic carbocycles. The Labute approximate surface area is 366 Å². The average Bonchev–Trinajstić information content (AvgIpc) is 3.47. The Hall–Kier alpha value is -7.24. The molecule has 20 heteroatoms. The number of nitrogens with two attached hydrogens (primary N) is 1. The molecule has 2 aromatic heterocycles. The summed E-state index contributed by atoms with van der Waals surface area (Å²) < 4.78 is 141. The first-order valence-electron chi connectivity index (χ1n) is 22.6. The summed E-state index contributed by atoms with van der Waals surface area (Å²) >= 11 is 5.58. The lowest BCUT2D eigenvalue weighted by atomic mass is 9.75. The van der Waals surface area contributed by atoms with E-state index in [9.17, 15) is 31.9 Å². The maximum absolute atomic E-state index is 15.2. The van der Waals surface area contributed by atoms with Gasteiger partial charge in [0.15, 0.2) is 10.8 Å². The second kappa shape index (κ2) is 17.9. The van der Waals surface area contributed by atoms with Crippen molar-refractivity contribution in [2.75, 3.05) is 34.8 Å². The van der Waals surface area contributed by atoms with E-state index in [-0.39, 0.29) is 34.0 Å². The van der Waals surface area contributed by atoms with Gasteiger partial charge in [0.2, 0.25) is 0 Å². The number of amides is 3. The van der Waals surface area contributed by atoms with Crippen LogP contribution in [0.2, 0.25) is 0 Å². The lowest BCUT2D eigenvalue weighted by Gasteiger charge is -2.43.